The van der Waals surface area contributed by atoms with Crippen molar-refractivity contribution in [1.82, 2.24) is 20.0 Å². The lowest BCUT2D eigenvalue weighted by atomic mass is 9.96. The third kappa shape index (κ3) is 5.57. The van der Waals surface area contributed by atoms with Crippen LogP contribution < -0.4 is 5.32 Å². The standard InChI is InChI=1S/C16H32N4O/c1-18(2)16(21)13-20-10-6-15(7-11-20)17-12-14-4-8-19(3)9-5-14/h14-15,17H,4-13H2,1-3H3. The molecule has 1 amide bonds. The van der Waals surface area contributed by atoms with Crippen LogP contribution in [0.5, 0.6) is 0 Å². The Morgan fingerprint density at radius 1 is 1.10 bits per heavy atom. The van der Waals surface area contributed by atoms with Crippen LogP contribution >= 0.6 is 0 Å². The molecule has 2 rings (SSSR count). The van der Waals surface area contributed by atoms with Gasteiger partial charge in [0.25, 0.3) is 0 Å². The van der Waals surface area contributed by atoms with Crippen molar-refractivity contribution in [2.24, 2.45) is 5.92 Å². The molecule has 0 aliphatic carbocycles. The van der Waals surface area contributed by atoms with E-state index >= 15 is 0 Å². The first kappa shape index (κ1) is 16.7. The lowest BCUT2D eigenvalue weighted by Crippen LogP contribution is -2.47. The second kappa shape index (κ2) is 8.11. The zero-order valence-electron chi connectivity index (χ0n) is 14.0. The second-order valence-electron chi connectivity index (χ2n) is 6.99. The zero-order valence-corrected chi connectivity index (χ0v) is 14.0. The third-order valence-corrected chi connectivity index (χ3v) is 4.98. The van der Waals surface area contributed by atoms with Crippen molar-refractivity contribution in [2.75, 3.05) is 60.4 Å². The molecule has 122 valence electrons. The number of piperidine rings is 2. The highest BCUT2D eigenvalue weighted by Crippen LogP contribution is 2.16. The topological polar surface area (TPSA) is 38.8 Å². The minimum Gasteiger partial charge on any atom is -0.348 e. The Hall–Kier alpha value is -0.650. The smallest absolute Gasteiger partial charge is 0.236 e. The highest BCUT2D eigenvalue weighted by molar-refractivity contribution is 5.77. The molecule has 2 aliphatic heterocycles. The molecule has 5 heteroatoms. The first-order valence-electron chi connectivity index (χ1n) is 8.39. The summed E-state index contributed by atoms with van der Waals surface area (Å²) in [5.41, 5.74) is 0. The summed E-state index contributed by atoms with van der Waals surface area (Å²) in [6, 6.07) is 0.648. The van der Waals surface area contributed by atoms with Gasteiger partial charge in [-0.25, -0.2) is 0 Å². The van der Waals surface area contributed by atoms with Gasteiger partial charge in [-0.15, -0.1) is 0 Å². The van der Waals surface area contributed by atoms with E-state index in [9.17, 15) is 4.79 Å². The maximum Gasteiger partial charge on any atom is 0.236 e. The maximum absolute atomic E-state index is 11.7. The van der Waals surface area contributed by atoms with Gasteiger partial charge in [-0.3, -0.25) is 9.69 Å². The monoisotopic (exact) mass is 296 g/mol. The lowest BCUT2D eigenvalue weighted by Gasteiger charge is -2.34. The largest absolute Gasteiger partial charge is 0.348 e. The van der Waals surface area contributed by atoms with E-state index in [1.54, 1.807) is 4.90 Å². The summed E-state index contributed by atoms with van der Waals surface area (Å²) < 4.78 is 0. The van der Waals surface area contributed by atoms with Crippen LogP contribution in [0.25, 0.3) is 0 Å². The van der Waals surface area contributed by atoms with Crippen LogP contribution in [0.2, 0.25) is 0 Å². The van der Waals surface area contributed by atoms with Crippen LogP contribution in [0.4, 0.5) is 0 Å². The average Bonchev–Trinajstić information content (AvgIpc) is 2.48. The van der Waals surface area contributed by atoms with Crippen LogP contribution in [-0.4, -0.2) is 87.1 Å². The number of likely N-dealkylation sites (tertiary alicyclic amines) is 2. The van der Waals surface area contributed by atoms with Gasteiger partial charge in [-0.1, -0.05) is 0 Å². The Balaban J connectivity index is 1.60. The van der Waals surface area contributed by atoms with Gasteiger partial charge in [0, 0.05) is 33.2 Å². The molecule has 0 unspecified atom stereocenters. The van der Waals surface area contributed by atoms with Crippen LogP contribution in [-0.2, 0) is 4.79 Å². The van der Waals surface area contributed by atoms with Crippen molar-refractivity contribution in [1.29, 1.82) is 0 Å². The van der Waals surface area contributed by atoms with Gasteiger partial charge in [-0.05, 0) is 58.3 Å². The van der Waals surface area contributed by atoms with Crippen molar-refractivity contribution in [3.05, 3.63) is 0 Å². The molecule has 2 aliphatic rings. The van der Waals surface area contributed by atoms with E-state index in [1.165, 1.54) is 45.3 Å². The van der Waals surface area contributed by atoms with E-state index in [-0.39, 0.29) is 5.91 Å². The van der Waals surface area contributed by atoms with E-state index in [1.807, 2.05) is 14.1 Å². The summed E-state index contributed by atoms with van der Waals surface area (Å²) >= 11 is 0. The van der Waals surface area contributed by atoms with E-state index in [0.717, 1.165) is 19.0 Å². The highest BCUT2D eigenvalue weighted by atomic mass is 16.2. The number of hydrogen-bond acceptors (Lipinski definition) is 4. The molecule has 5 nitrogen and oxygen atoms in total. The molecule has 0 spiro atoms. The van der Waals surface area contributed by atoms with E-state index in [4.69, 9.17) is 0 Å². The molecule has 0 aromatic carbocycles. The molecule has 0 bridgehead atoms. The summed E-state index contributed by atoms with van der Waals surface area (Å²) in [6.45, 7) is 6.34. The molecular formula is C16H32N4O. The third-order valence-electron chi connectivity index (χ3n) is 4.98. The van der Waals surface area contributed by atoms with Crippen LogP contribution in [0.15, 0.2) is 0 Å². The maximum atomic E-state index is 11.7. The van der Waals surface area contributed by atoms with Crippen molar-refractivity contribution in [3.63, 3.8) is 0 Å². The fourth-order valence-corrected chi connectivity index (χ4v) is 3.23. The molecule has 1 N–H and O–H groups in total. The summed E-state index contributed by atoms with van der Waals surface area (Å²) in [4.78, 5) is 18.1. The summed E-state index contributed by atoms with van der Waals surface area (Å²) in [6.07, 6.45) is 5.01. The van der Waals surface area contributed by atoms with Crippen molar-refractivity contribution >= 4 is 5.91 Å². The number of nitrogens with zero attached hydrogens (tertiary/aromatic N) is 3. The molecule has 0 saturated carbocycles. The van der Waals surface area contributed by atoms with E-state index < -0.39 is 0 Å². The number of carbonyl (C=O) groups excluding carboxylic acids is 1. The Morgan fingerprint density at radius 3 is 2.29 bits per heavy atom. The number of nitrogens with one attached hydrogen (secondary N) is 1. The van der Waals surface area contributed by atoms with Gasteiger partial charge >= 0.3 is 0 Å². The van der Waals surface area contributed by atoms with Gasteiger partial charge in [-0.2, -0.15) is 0 Å². The first-order valence-corrected chi connectivity index (χ1v) is 8.39. The molecule has 2 saturated heterocycles. The fourth-order valence-electron chi connectivity index (χ4n) is 3.23. The quantitative estimate of drug-likeness (QED) is 0.800. The van der Waals surface area contributed by atoms with E-state index in [2.05, 4.69) is 22.2 Å². The summed E-state index contributed by atoms with van der Waals surface area (Å²) in [7, 11) is 5.88. The first-order chi connectivity index (χ1) is 10.0. The number of carbonyl (C=O) groups is 1. The Bertz CT molecular complexity index is 318. The zero-order chi connectivity index (χ0) is 15.2. The summed E-state index contributed by atoms with van der Waals surface area (Å²) in [5.74, 6) is 1.07. The minimum atomic E-state index is 0.215. The van der Waals surface area contributed by atoms with Gasteiger partial charge in [0.15, 0.2) is 0 Å². The number of likely N-dealkylation sites (N-methyl/N-ethyl adjacent to an activating group) is 1. The number of amides is 1. The van der Waals surface area contributed by atoms with Gasteiger partial charge in [0.05, 0.1) is 6.54 Å². The van der Waals surface area contributed by atoms with Gasteiger partial charge < -0.3 is 15.1 Å². The molecule has 0 aromatic rings. The SMILES string of the molecule is CN1CCC(CNC2CCN(CC(=O)N(C)C)CC2)CC1. The molecule has 2 fully saturated rings. The fraction of sp³-hybridized carbons (Fsp3) is 0.938. The molecule has 0 aromatic heterocycles. The Labute approximate surface area is 129 Å². The van der Waals surface area contributed by atoms with Gasteiger partial charge in [0.1, 0.15) is 0 Å². The van der Waals surface area contributed by atoms with Crippen LogP contribution in [0.1, 0.15) is 25.7 Å². The molecular weight excluding hydrogens is 264 g/mol. The number of hydrogen-bond donors (Lipinski definition) is 1. The molecule has 21 heavy (non-hydrogen) atoms. The lowest BCUT2D eigenvalue weighted by molar-refractivity contribution is -0.130. The number of rotatable bonds is 5. The van der Waals surface area contributed by atoms with E-state index in [0.29, 0.717) is 12.6 Å². The summed E-state index contributed by atoms with van der Waals surface area (Å²) in [5, 5.41) is 3.76. The predicted molar refractivity (Wildman–Crippen MR) is 86.4 cm³/mol. The van der Waals surface area contributed by atoms with Crippen LogP contribution in [0.3, 0.4) is 0 Å². The van der Waals surface area contributed by atoms with Crippen molar-refractivity contribution < 1.29 is 4.79 Å². The van der Waals surface area contributed by atoms with Crippen molar-refractivity contribution in [2.45, 2.75) is 31.7 Å². The molecule has 0 atom stereocenters. The molecule has 2 heterocycles. The van der Waals surface area contributed by atoms with Crippen molar-refractivity contribution in [3.8, 4) is 0 Å². The molecule has 0 radical (unpaired) electrons. The minimum absolute atomic E-state index is 0.215. The Kier molecular flexibility index (Phi) is 6.45. The average molecular weight is 296 g/mol. The Morgan fingerprint density at radius 2 is 1.71 bits per heavy atom. The second-order valence-corrected chi connectivity index (χ2v) is 6.99. The predicted octanol–water partition coefficient (Wildman–Crippen LogP) is 0.470. The van der Waals surface area contributed by atoms with Gasteiger partial charge in [0.2, 0.25) is 5.91 Å². The highest BCUT2D eigenvalue weighted by Gasteiger charge is 2.22. The normalized spacial score (nSPS) is 23.4. The van der Waals surface area contributed by atoms with Crippen LogP contribution in [0, 0.1) is 5.92 Å².